The third kappa shape index (κ3) is 4.24. The van der Waals surface area contributed by atoms with Crippen LogP contribution in [0.1, 0.15) is 57.5 Å². The van der Waals surface area contributed by atoms with Crippen molar-refractivity contribution >= 4 is 11.6 Å². The molecule has 2 aromatic carbocycles. The van der Waals surface area contributed by atoms with Crippen molar-refractivity contribution in [3.05, 3.63) is 99.1 Å². The second-order valence-corrected chi connectivity index (χ2v) is 10.4. The highest BCUT2D eigenvalue weighted by molar-refractivity contribution is 6.15. The minimum atomic E-state index is -0.113. The number of pyridine rings is 1. The van der Waals surface area contributed by atoms with Crippen LogP contribution in [0.25, 0.3) is 0 Å². The number of rotatable bonds is 4. The Morgan fingerprint density at radius 3 is 2.83 bits per heavy atom. The number of amides is 1. The third-order valence-corrected chi connectivity index (χ3v) is 7.85. The molecule has 5 nitrogen and oxygen atoms in total. The Morgan fingerprint density at radius 2 is 1.97 bits per heavy atom. The Bertz CT molecular complexity index is 1380. The van der Waals surface area contributed by atoms with Crippen LogP contribution in [0.3, 0.4) is 0 Å². The molecule has 0 aliphatic carbocycles. The largest absolute Gasteiger partial charge is 0.334 e. The van der Waals surface area contributed by atoms with Crippen LogP contribution in [0.5, 0.6) is 0 Å². The number of benzene rings is 2. The van der Waals surface area contributed by atoms with E-state index in [2.05, 4.69) is 33.0 Å². The first-order valence-corrected chi connectivity index (χ1v) is 12.8. The summed E-state index contributed by atoms with van der Waals surface area (Å²) in [4.78, 5) is 26.8. The maximum absolute atomic E-state index is 14.6. The first-order valence-electron chi connectivity index (χ1n) is 12.8. The lowest BCUT2D eigenvalue weighted by molar-refractivity contribution is -0.135. The molecule has 6 heteroatoms. The number of hydrogen-bond donors (Lipinski definition) is 0. The number of aryl methyl sites for hydroxylation is 2. The van der Waals surface area contributed by atoms with Crippen LogP contribution >= 0.6 is 0 Å². The zero-order chi connectivity index (χ0) is 24.8. The smallest absolute Gasteiger partial charge is 0.227 e. The zero-order valence-electron chi connectivity index (χ0n) is 20.9. The van der Waals surface area contributed by atoms with Gasteiger partial charge in [0.05, 0.1) is 18.7 Å². The number of aromatic nitrogens is 1. The summed E-state index contributed by atoms with van der Waals surface area (Å²) in [6.45, 7) is 7.39. The van der Waals surface area contributed by atoms with Crippen LogP contribution in [-0.4, -0.2) is 45.5 Å². The number of fused-ring (bicyclic) bond motifs is 2. The average Bonchev–Trinajstić information content (AvgIpc) is 3.28. The highest BCUT2D eigenvalue weighted by Crippen LogP contribution is 2.32. The van der Waals surface area contributed by atoms with E-state index in [4.69, 9.17) is 4.99 Å². The molecule has 0 saturated carbocycles. The molecule has 4 heterocycles. The fourth-order valence-electron chi connectivity index (χ4n) is 5.96. The third-order valence-electron chi connectivity index (χ3n) is 7.85. The van der Waals surface area contributed by atoms with Gasteiger partial charge in [-0.2, -0.15) is 0 Å². The summed E-state index contributed by atoms with van der Waals surface area (Å²) >= 11 is 0. The topological polar surface area (TPSA) is 48.8 Å². The van der Waals surface area contributed by atoms with E-state index >= 15 is 0 Å². The number of likely N-dealkylation sites (tertiary alicyclic amines) is 1. The molecular formula is C30H31FN4O. The van der Waals surface area contributed by atoms with E-state index < -0.39 is 0 Å². The molecule has 1 aromatic heterocycles. The molecule has 3 aliphatic heterocycles. The molecule has 0 radical (unpaired) electrons. The van der Waals surface area contributed by atoms with E-state index in [1.165, 1.54) is 16.7 Å². The lowest BCUT2D eigenvalue weighted by atomic mass is 9.90. The average molecular weight is 483 g/mol. The fraction of sp³-hybridized carbons (Fsp3) is 0.367. The van der Waals surface area contributed by atoms with Gasteiger partial charge in [-0.25, -0.2) is 4.39 Å². The maximum atomic E-state index is 14.6. The van der Waals surface area contributed by atoms with Gasteiger partial charge < -0.3 is 4.90 Å². The molecule has 0 spiro atoms. The Balaban J connectivity index is 1.22. The number of carbonyl (C=O) groups excluding carboxylic acids is 1. The molecule has 3 aliphatic rings. The fourth-order valence-corrected chi connectivity index (χ4v) is 5.96. The van der Waals surface area contributed by atoms with Crippen molar-refractivity contribution in [3.8, 4) is 0 Å². The molecule has 1 amide bonds. The summed E-state index contributed by atoms with van der Waals surface area (Å²) in [6, 6.07) is 14.3. The summed E-state index contributed by atoms with van der Waals surface area (Å²) in [5.74, 6) is 0.0817. The van der Waals surface area contributed by atoms with Crippen LogP contribution in [0.15, 0.2) is 53.7 Å². The molecule has 36 heavy (non-hydrogen) atoms. The van der Waals surface area contributed by atoms with E-state index in [0.717, 1.165) is 54.0 Å². The van der Waals surface area contributed by atoms with Crippen LogP contribution in [-0.2, 0) is 30.8 Å². The minimum Gasteiger partial charge on any atom is -0.334 e. The predicted octanol–water partition coefficient (Wildman–Crippen LogP) is 4.74. The van der Waals surface area contributed by atoms with Crippen molar-refractivity contribution in [2.75, 3.05) is 13.1 Å². The first kappa shape index (κ1) is 23.0. The molecule has 3 aromatic rings. The summed E-state index contributed by atoms with van der Waals surface area (Å²) in [5, 5.41) is 0. The molecule has 1 fully saturated rings. The molecular weight excluding hydrogens is 451 g/mol. The van der Waals surface area contributed by atoms with Gasteiger partial charge in [0.1, 0.15) is 5.82 Å². The van der Waals surface area contributed by atoms with Crippen LogP contribution in [0, 0.1) is 19.7 Å². The monoisotopic (exact) mass is 482 g/mol. The van der Waals surface area contributed by atoms with Crippen molar-refractivity contribution in [2.45, 2.75) is 58.8 Å². The summed E-state index contributed by atoms with van der Waals surface area (Å²) in [7, 11) is 0. The summed E-state index contributed by atoms with van der Waals surface area (Å²) < 4.78 is 14.6. The van der Waals surface area contributed by atoms with Gasteiger partial charge in [-0.05, 0) is 73.7 Å². The van der Waals surface area contributed by atoms with Gasteiger partial charge in [0.15, 0.2) is 0 Å². The molecule has 1 atom stereocenters. The highest BCUT2D eigenvalue weighted by Gasteiger charge is 2.33. The van der Waals surface area contributed by atoms with E-state index in [0.29, 0.717) is 31.6 Å². The van der Waals surface area contributed by atoms with Crippen LogP contribution in [0.2, 0.25) is 0 Å². The second-order valence-electron chi connectivity index (χ2n) is 10.4. The van der Waals surface area contributed by atoms with Crippen LogP contribution < -0.4 is 0 Å². The number of aliphatic imine (C=N–C) groups is 1. The first-order chi connectivity index (χ1) is 17.5. The molecule has 0 N–H and O–H groups in total. The molecule has 6 rings (SSSR count). The van der Waals surface area contributed by atoms with E-state index in [1.807, 2.05) is 44.3 Å². The molecule has 1 saturated heterocycles. The van der Waals surface area contributed by atoms with Gasteiger partial charge in [-0.3, -0.25) is 19.7 Å². The highest BCUT2D eigenvalue weighted by atomic mass is 19.1. The number of carbonyl (C=O) groups is 1. The normalized spacial score (nSPS) is 19.8. The van der Waals surface area contributed by atoms with Crippen molar-refractivity contribution < 1.29 is 9.18 Å². The SMILES string of the molecule is Cc1cc(C2=NCc3cc4c(cc32)CN([C@@H]2CCCN(Cc3cccc(C)c3F)C2)C(=O)C4)ccn1. The van der Waals surface area contributed by atoms with Gasteiger partial charge in [-0.15, -0.1) is 0 Å². The minimum absolute atomic E-state index is 0.113. The zero-order valence-corrected chi connectivity index (χ0v) is 20.9. The van der Waals surface area contributed by atoms with Gasteiger partial charge in [0.25, 0.3) is 0 Å². The van der Waals surface area contributed by atoms with Crippen molar-refractivity contribution in [2.24, 2.45) is 4.99 Å². The molecule has 0 bridgehead atoms. The van der Waals surface area contributed by atoms with E-state index in [1.54, 1.807) is 0 Å². The van der Waals surface area contributed by atoms with Crippen LogP contribution in [0.4, 0.5) is 4.39 Å². The van der Waals surface area contributed by atoms with Gasteiger partial charge in [0, 0.05) is 54.3 Å². The van der Waals surface area contributed by atoms with Crippen molar-refractivity contribution in [3.63, 3.8) is 0 Å². The Kier molecular flexibility index (Phi) is 5.92. The van der Waals surface area contributed by atoms with E-state index in [9.17, 15) is 9.18 Å². The van der Waals surface area contributed by atoms with Crippen molar-refractivity contribution in [1.29, 1.82) is 0 Å². The number of nitrogens with zero attached hydrogens (tertiary/aromatic N) is 4. The molecule has 0 unspecified atom stereocenters. The van der Waals surface area contributed by atoms with Gasteiger partial charge in [0.2, 0.25) is 5.91 Å². The standard InChI is InChI=1S/C30H31FN4O/c1-19-5-3-6-22(29(19)31)16-34-10-4-7-26(18-34)35-17-25-13-27-24(12-23(25)14-28(35)36)15-33-30(27)21-8-9-32-20(2)11-21/h3,5-6,8-9,11-13,26H,4,7,10,14-18H2,1-2H3/t26-/m1/s1. The summed E-state index contributed by atoms with van der Waals surface area (Å²) in [6.07, 6.45) is 4.27. The number of hydrogen-bond acceptors (Lipinski definition) is 4. The Morgan fingerprint density at radius 1 is 1.08 bits per heavy atom. The number of piperidine rings is 1. The van der Waals surface area contributed by atoms with Gasteiger partial charge in [-0.1, -0.05) is 24.3 Å². The lowest BCUT2D eigenvalue weighted by Crippen LogP contribution is -2.51. The van der Waals surface area contributed by atoms with E-state index in [-0.39, 0.29) is 17.8 Å². The quantitative estimate of drug-likeness (QED) is 0.540. The summed E-state index contributed by atoms with van der Waals surface area (Å²) in [5.41, 5.74) is 9.23. The van der Waals surface area contributed by atoms with Crippen molar-refractivity contribution in [1.82, 2.24) is 14.8 Å². The second kappa shape index (κ2) is 9.25. The number of halogens is 1. The lowest BCUT2D eigenvalue weighted by Gasteiger charge is -2.41. The molecule has 184 valence electrons. The predicted molar refractivity (Wildman–Crippen MR) is 138 cm³/mol. The maximum Gasteiger partial charge on any atom is 0.227 e. The Labute approximate surface area is 211 Å². The van der Waals surface area contributed by atoms with Gasteiger partial charge >= 0.3 is 0 Å². The Hall–Kier alpha value is -3.38.